The summed E-state index contributed by atoms with van der Waals surface area (Å²) in [5, 5.41) is 9.03. The molecule has 0 saturated carbocycles. The normalized spacial score (nSPS) is 17.3. The molecule has 37 heavy (non-hydrogen) atoms. The Morgan fingerprint density at radius 3 is 2.78 bits per heavy atom. The zero-order chi connectivity index (χ0) is 25.9. The molecule has 0 radical (unpaired) electrons. The van der Waals surface area contributed by atoms with Crippen LogP contribution < -0.4 is 14.8 Å². The van der Waals surface area contributed by atoms with E-state index in [2.05, 4.69) is 25.1 Å². The number of rotatable bonds is 3. The number of ether oxygens (including phenoxy) is 1. The number of amides is 1. The Labute approximate surface area is 212 Å². The van der Waals surface area contributed by atoms with Gasteiger partial charge in [0.15, 0.2) is 11.8 Å². The topological polar surface area (TPSA) is 138 Å². The molecule has 13 heteroatoms. The number of benzene rings is 1. The van der Waals surface area contributed by atoms with Crippen molar-refractivity contribution in [3.8, 4) is 17.0 Å². The minimum atomic E-state index is -3.16. The van der Waals surface area contributed by atoms with E-state index in [1.165, 1.54) is 12.3 Å². The van der Waals surface area contributed by atoms with Gasteiger partial charge in [0.2, 0.25) is 11.8 Å². The second kappa shape index (κ2) is 8.57. The number of nitrogens with one attached hydrogen (secondary N) is 2. The monoisotopic (exact) mass is 525 g/mol. The molecule has 0 bridgehead atoms. The summed E-state index contributed by atoms with van der Waals surface area (Å²) in [6.45, 7) is 2.55. The van der Waals surface area contributed by atoms with Crippen molar-refractivity contribution in [2.45, 2.75) is 19.9 Å². The minimum Gasteiger partial charge on any atom is -0.453 e. The minimum absolute atomic E-state index is 0.00517. The van der Waals surface area contributed by atoms with Gasteiger partial charge in [-0.25, -0.2) is 14.4 Å². The van der Waals surface area contributed by atoms with Crippen molar-refractivity contribution in [3.05, 3.63) is 53.7 Å². The molecule has 4 aromatic rings. The Bertz CT molecular complexity index is 1570. The summed E-state index contributed by atoms with van der Waals surface area (Å²) < 4.78 is 44.9. The Hall–Kier alpha value is -3.94. The SMILES string of the molecule is Cc1c(-c2cc3cc(Nc4cc5n(n4)CC(=O)N(C)CC5)ncc3cc2F)cnc2c1NS(O)(O)CO2. The second-order valence-electron chi connectivity index (χ2n) is 9.13. The van der Waals surface area contributed by atoms with Crippen LogP contribution in [0.5, 0.6) is 5.88 Å². The summed E-state index contributed by atoms with van der Waals surface area (Å²) in [4.78, 5) is 22.5. The smallest absolute Gasteiger partial charge is 0.244 e. The molecule has 5 heterocycles. The lowest BCUT2D eigenvalue weighted by molar-refractivity contribution is -0.130. The average molecular weight is 526 g/mol. The third-order valence-corrected chi connectivity index (χ3v) is 7.54. The number of nitrogens with zero attached hydrogens (tertiary/aromatic N) is 5. The summed E-state index contributed by atoms with van der Waals surface area (Å²) in [6.07, 6.45) is 3.79. The molecule has 0 atom stereocenters. The van der Waals surface area contributed by atoms with Crippen LogP contribution in [0.25, 0.3) is 21.9 Å². The number of hydrogen-bond acceptors (Lipinski definition) is 9. The number of likely N-dealkylation sites (N-methyl/N-ethyl adjacent to an activating group) is 1. The molecule has 0 fully saturated rings. The Morgan fingerprint density at radius 1 is 1.11 bits per heavy atom. The van der Waals surface area contributed by atoms with Crippen LogP contribution in [-0.4, -0.2) is 59.2 Å². The maximum atomic E-state index is 15.2. The first-order valence-corrected chi connectivity index (χ1v) is 13.2. The van der Waals surface area contributed by atoms with Crippen molar-refractivity contribution in [2.75, 3.05) is 29.6 Å². The van der Waals surface area contributed by atoms with E-state index in [1.807, 2.05) is 6.07 Å². The average Bonchev–Trinajstić information content (AvgIpc) is 3.17. The van der Waals surface area contributed by atoms with Crippen LogP contribution in [0.4, 0.5) is 21.7 Å². The highest BCUT2D eigenvalue weighted by Gasteiger charge is 2.27. The molecular weight excluding hydrogens is 501 g/mol. The Kier molecular flexibility index (Phi) is 5.44. The number of hydrogen-bond donors (Lipinski definition) is 4. The molecular formula is C24H24FN7O4S. The first kappa shape index (κ1) is 23.5. The van der Waals surface area contributed by atoms with Crippen LogP contribution in [0.2, 0.25) is 0 Å². The number of carbonyl (C=O) groups is 1. The molecule has 192 valence electrons. The van der Waals surface area contributed by atoms with Crippen molar-refractivity contribution in [1.82, 2.24) is 24.6 Å². The van der Waals surface area contributed by atoms with Gasteiger partial charge in [-0.05, 0) is 36.1 Å². The van der Waals surface area contributed by atoms with Gasteiger partial charge in [-0.2, -0.15) is 5.10 Å². The van der Waals surface area contributed by atoms with E-state index in [4.69, 9.17) is 4.74 Å². The molecule has 2 aliphatic heterocycles. The highest BCUT2D eigenvalue weighted by Crippen LogP contribution is 2.48. The van der Waals surface area contributed by atoms with Gasteiger partial charge in [0.1, 0.15) is 23.9 Å². The van der Waals surface area contributed by atoms with Crippen molar-refractivity contribution in [2.24, 2.45) is 0 Å². The van der Waals surface area contributed by atoms with Crippen molar-refractivity contribution >= 4 is 44.8 Å². The third-order valence-electron chi connectivity index (χ3n) is 6.56. The fourth-order valence-corrected chi connectivity index (χ4v) is 5.40. The van der Waals surface area contributed by atoms with Crippen molar-refractivity contribution < 1.29 is 23.0 Å². The maximum Gasteiger partial charge on any atom is 0.244 e. The van der Waals surface area contributed by atoms with Crippen LogP contribution in [0.1, 0.15) is 11.3 Å². The molecule has 4 N–H and O–H groups in total. The van der Waals surface area contributed by atoms with Gasteiger partial charge < -0.3 is 15.0 Å². The number of fused-ring (bicyclic) bond motifs is 3. The van der Waals surface area contributed by atoms with E-state index in [-0.39, 0.29) is 24.3 Å². The van der Waals surface area contributed by atoms with Gasteiger partial charge in [-0.15, -0.1) is 0 Å². The molecule has 0 saturated heterocycles. The lowest BCUT2D eigenvalue weighted by Gasteiger charge is -2.38. The third kappa shape index (κ3) is 4.30. The molecule has 0 spiro atoms. The summed E-state index contributed by atoms with van der Waals surface area (Å²) in [5.41, 5.74) is 2.65. The fraction of sp³-hybridized carbons (Fsp3) is 0.250. The Balaban J connectivity index is 1.33. The van der Waals surface area contributed by atoms with Gasteiger partial charge in [0, 0.05) is 60.7 Å². The second-order valence-corrected chi connectivity index (χ2v) is 10.9. The van der Waals surface area contributed by atoms with Crippen LogP contribution >= 0.6 is 10.8 Å². The lowest BCUT2D eigenvalue weighted by atomic mass is 9.98. The molecule has 0 aliphatic carbocycles. The molecule has 0 unspecified atom stereocenters. The molecule has 6 rings (SSSR count). The molecule has 2 aliphatic rings. The van der Waals surface area contributed by atoms with Gasteiger partial charge in [-0.3, -0.25) is 23.3 Å². The molecule has 11 nitrogen and oxygen atoms in total. The van der Waals surface area contributed by atoms with E-state index >= 15 is 4.39 Å². The van der Waals surface area contributed by atoms with E-state index in [9.17, 15) is 13.9 Å². The van der Waals surface area contributed by atoms with E-state index in [0.29, 0.717) is 52.4 Å². The van der Waals surface area contributed by atoms with Crippen LogP contribution in [0.15, 0.2) is 36.7 Å². The number of carbonyl (C=O) groups excluding carboxylic acids is 1. The highest BCUT2D eigenvalue weighted by molar-refractivity contribution is 8.25. The van der Waals surface area contributed by atoms with Gasteiger partial charge >= 0.3 is 0 Å². The molecule has 1 amide bonds. The van der Waals surface area contributed by atoms with E-state index in [0.717, 1.165) is 11.1 Å². The lowest BCUT2D eigenvalue weighted by Crippen LogP contribution is -2.29. The number of pyridine rings is 2. The molecule has 1 aromatic carbocycles. The predicted octanol–water partition coefficient (Wildman–Crippen LogP) is 4.13. The first-order valence-electron chi connectivity index (χ1n) is 11.5. The van der Waals surface area contributed by atoms with Crippen LogP contribution in [0.3, 0.4) is 0 Å². The van der Waals surface area contributed by atoms with Crippen molar-refractivity contribution in [1.29, 1.82) is 0 Å². The maximum absolute atomic E-state index is 15.2. The van der Waals surface area contributed by atoms with Crippen LogP contribution in [0, 0.1) is 12.7 Å². The highest BCUT2D eigenvalue weighted by atomic mass is 32.3. The number of anilines is 3. The van der Waals surface area contributed by atoms with Gasteiger partial charge in [0.05, 0.1) is 0 Å². The number of aromatic nitrogens is 4. The zero-order valence-corrected chi connectivity index (χ0v) is 20.8. The van der Waals surface area contributed by atoms with Gasteiger partial charge in [0.25, 0.3) is 0 Å². The standard InChI is InChI=1S/C24H24FN7O4S/c1-13-18(10-27-24-23(13)30-37(34,35)12-36-24)17-5-14-7-20(26-9-15(14)6-19(17)25)28-21-8-16-3-4-31(2)22(33)11-32(16)29-21/h5-10,30,34-35H,3-4,11-12H2,1-2H3,(H,26,28,29). The summed E-state index contributed by atoms with van der Waals surface area (Å²) >= 11 is 0. The molecule has 3 aromatic heterocycles. The Morgan fingerprint density at radius 2 is 1.95 bits per heavy atom. The predicted molar refractivity (Wildman–Crippen MR) is 138 cm³/mol. The zero-order valence-electron chi connectivity index (χ0n) is 20.0. The van der Waals surface area contributed by atoms with Gasteiger partial charge in [-0.1, -0.05) is 10.8 Å². The first-order chi connectivity index (χ1) is 17.7. The summed E-state index contributed by atoms with van der Waals surface area (Å²) in [6, 6.07) is 6.79. The van der Waals surface area contributed by atoms with E-state index < -0.39 is 16.6 Å². The fourth-order valence-electron chi connectivity index (χ4n) is 4.49. The summed E-state index contributed by atoms with van der Waals surface area (Å²) in [5.74, 6) is 0.566. The van der Waals surface area contributed by atoms with Crippen LogP contribution in [-0.2, 0) is 17.8 Å². The largest absolute Gasteiger partial charge is 0.453 e. The quantitative estimate of drug-likeness (QED) is 0.311. The summed E-state index contributed by atoms with van der Waals surface area (Å²) in [7, 11) is -1.38. The van der Waals surface area contributed by atoms with E-state index in [1.54, 1.807) is 41.9 Å². The van der Waals surface area contributed by atoms with Crippen molar-refractivity contribution in [3.63, 3.8) is 0 Å². The number of halogens is 1.